The number of hydrogen-bond acceptors (Lipinski definition) is 6. The zero-order valence-electron chi connectivity index (χ0n) is 18.9. The van der Waals surface area contributed by atoms with Crippen molar-refractivity contribution in [3.8, 4) is 17.6 Å². The quantitative estimate of drug-likeness (QED) is 0.494. The Hall–Kier alpha value is -3.74. The Bertz CT molecular complexity index is 1170. The molecule has 2 fully saturated rings. The standard InChI is InChI=1S/C25H27N5O4/c1-34-20-7-4-18-15-30(22(31)21(18)14-20)16-25(23(32)27-24(33)28-25)9-8-17-2-5-19(6-3-17)29-12-10-26-11-13-29/h2-7,14,23,26,32H,10-13,15-16H2,1H3,(H2,27,28,33)/t23?,25-/m1/s1. The van der Waals surface area contributed by atoms with Crippen molar-refractivity contribution in [1.82, 2.24) is 20.9 Å². The summed E-state index contributed by atoms with van der Waals surface area (Å²) in [6.45, 7) is 4.23. The third-order valence-corrected chi connectivity index (χ3v) is 6.49. The number of fused-ring (bicyclic) bond motifs is 1. The van der Waals surface area contributed by atoms with Crippen LogP contribution in [-0.4, -0.2) is 73.5 Å². The Kier molecular flexibility index (Phi) is 5.77. The predicted octanol–water partition coefficient (Wildman–Crippen LogP) is 0.482. The average molecular weight is 462 g/mol. The zero-order valence-corrected chi connectivity index (χ0v) is 18.9. The van der Waals surface area contributed by atoms with Crippen molar-refractivity contribution in [1.29, 1.82) is 0 Å². The van der Waals surface area contributed by atoms with E-state index in [2.05, 4.69) is 32.7 Å². The number of benzene rings is 2. The molecule has 3 aliphatic heterocycles. The molecule has 34 heavy (non-hydrogen) atoms. The van der Waals surface area contributed by atoms with Gasteiger partial charge in [0.05, 0.1) is 13.7 Å². The maximum absolute atomic E-state index is 13.0. The van der Waals surface area contributed by atoms with Crippen LogP contribution in [0.2, 0.25) is 0 Å². The molecule has 1 unspecified atom stereocenters. The Morgan fingerprint density at radius 1 is 1.15 bits per heavy atom. The highest BCUT2D eigenvalue weighted by molar-refractivity contribution is 5.99. The van der Waals surface area contributed by atoms with Crippen LogP contribution in [0.15, 0.2) is 42.5 Å². The number of aliphatic hydroxyl groups excluding tert-OH is 1. The first-order valence-electron chi connectivity index (χ1n) is 11.3. The van der Waals surface area contributed by atoms with Crippen LogP contribution in [0.5, 0.6) is 5.75 Å². The summed E-state index contributed by atoms with van der Waals surface area (Å²) in [7, 11) is 1.55. The van der Waals surface area contributed by atoms with Crippen LogP contribution in [-0.2, 0) is 6.54 Å². The molecule has 2 aromatic carbocycles. The van der Waals surface area contributed by atoms with Gasteiger partial charge < -0.3 is 35.6 Å². The largest absolute Gasteiger partial charge is 0.497 e. The number of carbonyl (C=O) groups is 2. The average Bonchev–Trinajstić information content (AvgIpc) is 3.32. The lowest BCUT2D eigenvalue weighted by atomic mass is 9.97. The zero-order chi connectivity index (χ0) is 23.7. The summed E-state index contributed by atoms with van der Waals surface area (Å²) in [5.41, 5.74) is 1.97. The van der Waals surface area contributed by atoms with Gasteiger partial charge in [-0.2, -0.15) is 0 Å². The van der Waals surface area contributed by atoms with Gasteiger partial charge in [0.1, 0.15) is 5.75 Å². The molecule has 2 saturated heterocycles. The Morgan fingerprint density at radius 3 is 2.59 bits per heavy atom. The Balaban J connectivity index is 1.37. The third-order valence-electron chi connectivity index (χ3n) is 6.49. The molecule has 0 saturated carbocycles. The summed E-state index contributed by atoms with van der Waals surface area (Å²) in [4.78, 5) is 29.0. The van der Waals surface area contributed by atoms with Crippen LogP contribution >= 0.6 is 0 Å². The monoisotopic (exact) mass is 461 g/mol. The second-order valence-corrected chi connectivity index (χ2v) is 8.69. The van der Waals surface area contributed by atoms with E-state index in [1.165, 1.54) is 0 Å². The maximum atomic E-state index is 13.0. The molecule has 0 spiro atoms. The molecular formula is C25H27N5O4. The number of nitrogens with one attached hydrogen (secondary N) is 3. The predicted molar refractivity (Wildman–Crippen MR) is 127 cm³/mol. The van der Waals surface area contributed by atoms with Gasteiger partial charge in [0, 0.05) is 49.5 Å². The number of anilines is 1. The minimum Gasteiger partial charge on any atom is -0.497 e. The van der Waals surface area contributed by atoms with Crippen LogP contribution in [0.3, 0.4) is 0 Å². The first-order valence-corrected chi connectivity index (χ1v) is 11.3. The van der Waals surface area contributed by atoms with Gasteiger partial charge in [-0.25, -0.2) is 4.79 Å². The van der Waals surface area contributed by atoms with E-state index in [1.54, 1.807) is 18.1 Å². The van der Waals surface area contributed by atoms with E-state index in [1.807, 2.05) is 36.4 Å². The number of urea groups is 1. The molecule has 5 rings (SSSR count). The summed E-state index contributed by atoms with van der Waals surface area (Å²) >= 11 is 0. The van der Waals surface area contributed by atoms with Gasteiger partial charge >= 0.3 is 6.03 Å². The smallest absolute Gasteiger partial charge is 0.318 e. The van der Waals surface area contributed by atoms with E-state index < -0.39 is 17.8 Å². The van der Waals surface area contributed by atoms with Crippen LogP contribution in [0.4, 0.5) is 10.5 Å². The van der Waals surface area contributed by atoms with E-state index in [0.717, 1.165) is 43.0 Å². The minimum absolute atomic E-state index is 0.0363. The van der Waals surface area contributed by atoms with Crippen molar-refractivity contribution in [2.45, 2.75) is 18.3 Å². The summed E-state index contributed by atoms with van der Waals surface area (Å²) in [5, 5.41) is 19.2. The van der Waals surface area contributed by atoms with E-state index in [-0.39, 0.29) is 12.5 Å². The number of hydrogen-bond donors (Lipinski definition) is 4. The van der Waals surface area contributed by atoms with Crippen LogP contribution in [0.1, 0.15) is 21.5 Å². The second kappa shape index (κ2) is 8.89. The number of piperazine rings is 1. The highest BCUT2D eigenvalue weighted by Gasteiger charge is 2.48. The van der Waals surface area contributed by atoms with Crippen LogP contribution in [0.25, 0.3) is 0 Å². The lowest BCUT2D eigenvalue weighted by molar-refractivity contribution is 0.0611. The van der Waals surface area contributed by atoms with Gasteiger partial charge in [-0.3, -0.25) is 4.79 Å². The van der Waals surface area contributed by atoms with Gasteiger partial charge in [0.2, 0.25) is 0 Å². The third kappa shape index (κ3) is 4.14. The molecule has 9 nitrogen and oxygen atoms in total. The van der Waals surface area contributed by atoms with Gasteiger partial charge in [-0.05, 0) is 42.0 Å². The first kappa shape index (κ1) is 22.1. The fourth-order valence-corrected chi connectivity index (χ4v) is 4.58. The summed E-state index contributed by atoms with van der Waals surface area (Å²) in [5.74, 6) is 6.54. The number of rotatable bonds is 4. The van der Waals surface area contributed by atoms with Crippen molar-refractivity contribution in [3.63, 3.8) is 0 Å². The topological polar surface area (TPSA) is 106 Å². The lowest BCUT2D eigenvalue weighted by Crippen LogP contribution is -2.56. The minimum atomic E-state index is -1.34. The number of amides is 3. The van der Waals surface area contributed by atoms with Crippen molar-refractivity contribution in [2.24, 2.45) is 0 Å². The molecule has 3 heterocycles. The van der Waals surface area contributed by atoms with Gasteiger partial charge in [-0.15, -0.1) is 0 Å². The SMILES string of the molecule is COc1ccc2c(c1)C(=O)N(C[C@@]1(C#Cc3ccc(N4CCNCC4)cc3)NC(=O)NC1O)C2. The Morgan fingerprint density at radius 2 is 1.91 bits per heavy atom. The van der Waals surface area contributed by atoms with Crippen LogP contribution < -0.4 is 25.6 Å². The highest BCUT2D eigenvalue weighted by atomic mass is 16.5. The lowest BCUT2D eigenvalue weighted by Gasteiger charge is -2.30. The van der Waals surface area contributed by atoms with E-state index in [9.17, 15) is 14.7 Å². The highest BCUT2D eigenvalue weighted by Crippen LogP contribution is 2.29. The van der Waals surface area contributed by atoms with Gasteiger partial charge in [0.25, 0.3) is 5.91 Å². The molecule has 9 heteroatoms. The molecule has 0 radical (unpaired) electrons. The molecule has 3 amide bonds. The van der Waals surface area contributed by atoms with Gasteiger partial charge in [0.15, 0.2) is 11.8 Å². The van der Waals surface area contributed by atoms with Crippen molar-refractivity contribution in [2.75, 3.05) is 44.7 Å². The normalized spacial score (nSPS) is 23.6. The summed E-state index contributed by atoms with van der Waals surface area (Å²) < 4.78 is 5.24. The second-order valence-electron chi connectivity index (χ2n) is 8.69. The first-order chi connectivity index (χ1) is 16.5. The van der Waals surface area contributed by atoms with Crippen molar-refractivity contribution in [3.05, 3.63) is 59.2 Å². The van der Waals surface area contributed by atoms with Crippen molar-refractivity contribution < 1.29 is 19.4 Å². The van der Waals surface area contributed by atoms with E-state index in [0.29, 0.717) is 17.9 Å². The number of methoxy groups -OCH3 is 1. The maximum Gasteiger partial charge on any atom is 0.318 e. The van der Waals surface area contributed by atoms with Crippen LogP contribution in [0, 0.1) is 11.8 Å². The number of ether oxygens (including phenoxy) is 1. The fraction of sp³-hybridized carbons (Fsp3) is 0.360. The molecule has 176 valence electrons. The fourth-order valence-electron chi connectivity index (χ4n) is 4.58. The molecule has 2 aromatic rings. The van der Waals surface area contributed by atoms with E-state index >= 15 is 0 Å². The molecule has 2 atom stereocenters. The van der Waals surface area contributed by atoms with E-state index in [4.69, 9.17) is 4.74 Å². The summed E-state index contributed by atoms with van der Waals surface area (Å²) in [6, 6.07) is 12.8. The van der Waals surface area contributed by atoms with Crippen molar-refractivity contribution >= 4 is 17.6 Å². The Labute approximate surface area is 198 Å². The molecule has 0 aromatic heterocycles. The number of aliphatic hydroxyl groups is 1. The summed E-state index contributed by atoms with van der Waals surface area (Å²) in [6.07, 6.45) is -1.27. The molecular weight excluding hydrogens is 434 g/mol. The molecule has 3 aliphatic rings. The number of carbonyl (C=O) groups excluding carboxylic acids is 2. The molecule has 0 aliphatic carbocycles. The molecule has 4 N–H and O–H groups in total. The molecule has 0 bridgehead atoms. The van der Waals surface area contributed by atoms with Gasteiger partial charge in [-0.1, -0.05) is 17.9 Å². The number of nitrogens with zero attached hydrogens (tertiary/aromatic N) is 2.